The highest BCUT2D eigenvalue weighted by molar-refractivity contribution is 7.89. The first-order valence-electron chi connectivity index (χ1n) is 9.88. The summed E-state index contributed by atoms with van der Waals surface area (Å²) in [5, 5.41) is 10.5. The Morgan fingerprint density at radius 3 is 2.67 bits per heavy atom. The quantitative estimate of drug-likeness (QED) is 0.633. The van der Waals surface area contributed by atoms with Crippen molar-refractivity contribution in [2.45, 2.75) is 51.2 Å². The number of benzene rings is 1. The highest BCUT2D eigenvalue weighted by atomic mass is 32.2. The lowest BCUT2D eigenvalue weighted by molar-refractivity contribution is -0.123. The van der Waals surface area contributed by atoms with Crippen LogP contribution in [0, 0.1) is 5.92 Å². The normalized spacial score (nSPS) is 14.9. The van der Waals surface area contributed by atoms with E-state index in [0.29, 0.717) is 37.1 Å². The number of rotatable bonds is 8. The summed E-state index contributed by atoms with van der Waals surface area (Å²) in [4.78, 5) is 12.7. The molecule has 30 heavy (non-hydrogen) atoms. The topological polar surface area (TPSA) is 124 Å². The number of fused-ring (bicyclic) bond motifs is 1. The number of sulfonamides is 1. The third kappa shape index (κ3) is 5.08. The van der Waals surface area contributed by atoms with Gasteiger partial charge in [-0.15, -0.1) is 10.2 Å². The Morgan fingerprint density at radius 2 is 1.97 bits per heavy atom. The second kappa shape index (κ2) is 9.43. The van der Waals surface area contributed by atoms with Gasteiger partial charge in [-0.2, -0.15) is 4.72 Å². The molecule has 2 N–H and O–H groups in total. The van der Waals surface area contributed by atoms with Gasteiger partial charge in [-0.1, -0.05) is 13.8 Å². The van der Waals surface area contributed by atoms with Gasteiger partial charge in [0.25, 0.3) is 0 Å². The van der Waals surface area contributed by atoms with E-state index in [9.17, 15) is 13.2 Å². The van der Waals surface area contributed by atoms with Crippen molar-refractivity contribution >= 4 is 15.9 Å². The minimum Gasteiger partial charge on any atom is -0.490 e. The van der Waals surface area contributed by atoms with Gasteiger partial charge in [-0.05, 0) is 25.0 Å². The Hall–Kier alpha value is -2.66. The van der Waals surface area contributed by atoms with Crippen LogP contribution < -0.4 is 19.5 Å². The maximum atomic E-state index is 12.9. The van der Waals surface area contributed by atoms with E-state index in [0.717, 1.165) is 6.42 Å². The minimum atomic E-state index is -3.96. The van der Waals surface area contributed by atoms with Crippen LogP contribution in [0.25, 0.3) is 0 Å². The molecule has 0 bridgehead atoms. The highest BCUT2D eigenvalue weighted by Gasteiger charge is 2.29. The number of carbonyl (C=O) groups excluding carboxylic acids is 1. The van der Waals surface area contributed by atoms with Gasteiger partial charge in [-0.3, -0.25) is 4.79 Å². The van der Waals surface area contributed by atoms with E-state index in [2.05, 4.69) is 20.2 Å². The standard InChI is InChI=1S/C19H27N5O5S/c1-4-24-12-21-22-17(24)11-20-19(25)18(13(2)3)23-30(26,27)14-6-7-15-16(10-14)29-9-5-8-28-15/h6-7,10,12-13,18,23H,4-5,8-9,11H2,1-3H3,(H,20,25). The van der Waals surface area contributed by atoms with Crippen molar-refractivity contribution in [3.8, 4) is 11.5 Å². The molecule has 1 atom stereocenters. The molecule has 10 nitrogen and oxygen atoms in total. The zero-order valence-electron chi connectivity index (χ0n) is 17.3. The summed E-state index contributed by atoms with van der Waals surface area (Å²) in [6.45, 7) is 7.27. The molecule has 2 heterocycles. The maximum Gasteiger partial charge on any atom is 0.241 e. The minimum absolute atomic E-state index is 0.0101. The molecule has 0 spiro atoms. The highest BCUT2D eigenvalue weighted by Crippen LogP contribution is 2.32. The summed E-state index contributed by atoms with van der Waals surface area (Å²) in [5.41, 5.74) is 0. The number of hydrogen-bond donors (Lipinski definition) is 2. The summed E-state index contributed by atoms with van der Waals surface area (Å²) in [6, 6.07) is 3.47. The molecule has 0 saturated heterocycles. The van der Waals surface area contributed by atoms with Gasteiger partial charge in [-0.25, -0.2) is 8.42 Å². The second-order valence-corrected chi connectivity index (χ2v) is 8.97. The van der Waals surface area contributed by atoms with Crippen LogP contribution in [0.3, 0.4) is 0 Å². The van der Waals surface area contributed by atoms with Crippen LogP contribution >= 0.6 is 0 Å². The van der Waals surface area contributed by atoms with E-state index in [4.69, 9.17) is 9.47 Å². The summed E-state index contributed by atoms with van der Waals surface area (Å²) in [6.07, 6.45) is 2.30. The number of nitrogens with zero attached hydrogens (tertiary/aromatic N) is 3. The number of amides is 1. The van der Waals surface area contributed by atoms with Crippen molar-refractivity contribution in [2.24, 2.45) is 5.92 Å². The van der Waals surface area contributed by atoms with E-state index in [1.54, 1.807) is 30.8 Å². The van der Waals surface area contributed by atoms with Crippen LogP contribution in [0.15, 0.2) is 29.4 Å². The average molecular weight is 438 g/mol. The Balaban J connectivity index is 1.73. The van der Waals surface area contributed by atoms with E-state index in [1.807, 2.05) is 6.92 Å². The van der Waals surface area contributed by atoms with Crippen LogP contribution in [0.1, 0.15) is 33.0 Å². The molecule has 164 valence electrons. The lowest BCUT2D eigenvalue weighted by Gasteiger charge is -2.22. The van der Waals surface area contributed by atoms with Gasteiger partial charge in [0.15, 0.2) is 17.3 Å². The average Bonchev–Trinajstić information content (AvgIpc) is 3.04. The molecule has 1 aromatic carbocycles. The number of carbonyl (C=O) groups is 1. The van der Waals surface area contributed by atoms with Gasteiger partial charge in [0.05, 0.1) is 24.7 Å². The molecule has 0 fully saturated rings. The zero-order valence-corrected chi connectivity index (χ0v) is 18.1. The maximum absolute atomic E-state index is 12.9. The Labute approximate surface area is 176 Å². The van der Waals surface area contributed by atoms with Crippen molar-refractivity contribution in [3.63, 3.8) is 0 Å². The summed E-state index contributed by atoms with van der Waals surface area (Å²) in [5.74, 6) is 0.765. The lowest BCUT2D eigenvalue weighted by atomic mass is 10.1. The summed E-state index contributed by atoms with van der Waals surface area (Å²) in [7, 11) is -3.96. The van der Waals surface area contributed by atoms with Gasteiger partial charge in [0.2, 0.25) is 15.9 Å². The number of ether oxygens (including phenoxy) is 2. The van der Waals surface area contributed by atoms with Gasteiger partial charge < -0.3 is 19.4 Å². The van der Waals surface area contributed by atoms with Crippen LogP contribution in [0.5, 0.6) is 11.5 Å². The molecule has 1 aromatic heterocycles. The lowest BCUT2D eigenvalue weighted by Crippen LogP contribution is -2.49. The molecular weight excluding hydrogens is 410 g/mol. The van der Waals surface area contributed by atoms with Crippen molar-refractivity contribution in [3.05, 3.63) is 30.4 Å². The number of hydrogen-bond acceptors (Lipinski definition) is 7. The largest absolute Gasteiger partial charge is 0.490 e. The smallest absolute Gasteiger partial charge is 0.241 e. The van der Waals surface area contributed by atoms with Crippen molar-refractivity contribution in [2.75, 3.05) is 13.2 Å². The first-order chi connectivity index (χ1) is 14.3. The number of nitrogens with one attached hydrogen (secondary N) is 2. The third-order valence-electron chi connectivity index (χ3n) is 4.72. The fraction of sp³-hybridized carbons (Fsp3) is 0.526. The molecular formula is C19H27N5O5S. The van der Waals surface area contributed by atoms with Crippen LogP contribution in [-0.4, -0.2) is 48.3 Å². The molecule has 1 aliphatic heterocycles. The Morgan fingerprint density at radius 1 is 1.23 bits per heavy atom. The van der Waals surface area contributed by atoms with Gasteiger partial charge >= 0.3 is 0 Å². The summed E-state index contributed by atoms with van der Waals surface area (Å²) < 4.78 is 41.3. The molecule has 1 amide bonds. The predicted molar refractivity (Wildman–Crippen MR) is 109 cm³/mol. The first-order valence-corrected chi connectivity index (χ1v) is 11.4. The molecule has 1 unspecified atom stereocenters. The first kappa shape index (κ1) is 22.0. The second-order valence-electron chi connectivity index (χ2n) is 7.25. The van der Waals surface area contributed by atoms with Crippen LogP contribution in [0.4, 0.5) is 0 Å². The van der Waals surface area contributed by atoms with Gasteiger partial charge in [0.1, 0.15) is 12.4 Å². The number of aromatic nitrogens is 3. The zero-order chi connectivity index (χ0) is 21.7. The predicted octanol–water partition coefficient (Wildman–Crippen LogP) is 1.08. The third-order valence-corrected chi connectivity index (χ3v) is 6.16. The van der Waals surface area contributed by atoms with Crippen molar-refractivity contribution in [1.29, 1.82) is 0 Å². The molecule has 2 aromatic rings. The van der Waals surface area contributed by atoms with Crippen LogP contribution in [0.2, 0.25) is 0 Å². The summed E-state index contributed by atoms with van der Waals surface area (Å²) >= 11 is 0. The fourth-order valence-corrected chi connectivity index (χ4v) is 4.35. The molecule has 0 aliphatic carbocycles. The Bertz CT molecular complexity index is 989. The SMILES string of the molecule is CCn1cnnc1CNC(=O)C(NS(=O)(=O)c1ccc2c(c1)OCCCO2)C(C)C. The van der Waals surface area contributed by atoms with E-state index in [-0.39, 0.29) is 17.4 Å². The van der Waals surface area contributed by atoms with E-state index < -0.39 is 22.0 Å². The molecule has 11 heteroatoms. The van der Waals surface area contributed by atoms with Gasteiger partial charge in [0, 0.05) is 19.0 Å². The van der Waals surface area contributed by atoms with E-state index in [1.165, 1.54) is 12.1 Å². The Kier molecular flexibility index (Phi) is 6.93. The number of aryl methyl sites for hydroxylation is 1. The molecule has 1 aliphatic rings. The van der Waals surface area contributed by atoms with E-state index >= 15 is 0 Å². The van der Waals surface area contributed by atoms with Crippen molar-refractivity contribution in [1.82, 2.24) is 24.8 Å². The fourth-order valence-electron chi connectivity index (χ4n) is 2.99. The molecule has 0 radical (unpaired) electrons. The molecule has 0 saturated carbocycles. The van der Waals surface area contributed by atoms with Crippen LogP contribution in [-0.2, 0) is 27.9 Å². The van der Waals surface area contributed by atoms with Crippen molar-refractivity contribution < 1.29 is 22.7 Å². The molecule has 3 rings (SSSR count). The monoisotopic (exact) mass is 437 g/mol.